The topological polar surface area (TPSA) is 80.9 Å². The lowest BCUT2D eigenvalue weighted by molar-refractivity contribution is 0.102. The van der Waals surface area contributed by atoms with E-state index in [9.17, 15) is 4.79 Å². The fourth-order valence-corrected chi connectivity index (χ4v) is 1.21. The van der Waals surface area contributed by atoms with Gasteiger partial charge in [-0.15, -0.1) is 0 Å². The molecule has 0 saturated carbocycles. The molecule has 0 unspecified atom stereocenters. The molecule has 5 heteroatoms. The molecule has 2 rings (SSSR count). The minimum absolute atomic E-state index is 0.247. The molecule has 0 aliphatic heterocycles. The number of amides is 1. The summed E-state index contributed by atoms with van der Waals surface area (Å²) in [6.45, 7) is 0. The number of carbonyl (C=O) groups is 1. The second-order valence-electron chi connectivity index (χ2n) is 3.15. The molecular formula is C11H10N4O. The van der Waals surface area contributed by atoms with Crippen molar-refractivity contribution in [2.24, 2.45) is 0 Å². The minimum Gasteiger partial charge on any atom is -0.384 e. The third kappa shape index (κ3) is 2.33. The summed E-state index contributed by atoms with van der Waals surface area (Å²) in [6.07, 6.45) is 1.26. The summed E-state index contributed by atoms with van der Waals surface area (Å²) in [6, 6.07) is 10.6. The van der Waals surface area contributed by atoms with Crippen LogP contribution >= 0.6 is 0 Å². The lowest BCUT2D eigenvalue weighted by Crippen LogP contribution is -2.14. The van der Waals surface area contributed by atoms with Crippen molar-refractivity contribution in [3.05, 3.63) is 48.4 Å². The van der Waals surface area contributed by atoms with Crippen LogP contribution in [0.3, 0.4) is 0 Å². The van der Waals surface area contributed by atoms with Gasteiger partial charge in [-0.1, -0.05) is 18.2 Å². The number of rotatable bonds is 2. The van der Waals surface area contributed by atoms with Crippen molar-refractivity contribution in [2.45, 2.75) is 0 Å². The molecule has 0 aliphatic carbocycles. The maximum absolute atomic E-state index is 11.7. The Morgan fingerprint density at radius 3 is 2.62 bits per heavy atom. The highest BCUT2D eigenvalue weighted by Gasteiger charge is 2.07. The lowest BCUT2D eigenvalue weighted by atomic mass is 10.3. The fraction of sp³-hybridized carbons (Fsp3) is 0. The van der Waals surface area contributed by atoms with Crippen LogP contribution in [0.5, 0.6) is 0 Å². The van der Waals surface area contributed by atoms with Gasteiger partial charge in [0.2, 0.25) is 0 Å². The van der Waals surface area contributed by atoms with E-state index in [4.69, 9.17) is 5.73 Å². The summed E-state index contributed by atoms with van der Waals surface area (Å²) < 4.78 is 0. The van der Waals surface area contributed by atoms with E-state index in [1.165, 1.54) is 12.4 Å². The van der Waals surface area contributed by atoms with Crippen molar-refractivity contribution < 1.29 is 4.79 Å². The monoisotopic (exact) mass is 214 g/mol. The van der Waals surface area contributed by atoms with Crippen LogP contribution in [-0.4, -0.2) is 15.9 Å². The molecule has 1 heterocycles. The zero-order valence-corrected chi connectivity index (χ0v) is 8.42. The molecule has 1 amide bonds. The van der Waals surface area contributed by atoms with Crippen LogP contribution < -0.4 is 11.1 Å². The molecule has 0 radical (unpaired) electrons. The Labute approximate surface area is 92.3 Å². The highest BCUT2D eigenvalue weighted by Crippen LogP contribution is 2.07. The molecule has 2 aromatic rings. The predicted octanol–water partition coefficient (Wildman–Crippen LogP) is 1.31. The molecule has 0 atom stereocenters. The largest absolute Gasteiger partial charge is 0.384 e. The number of nitrogens with two attached hydrogens (primary N) is 1. The number of benzene rings is 1. The number of anilines is 2. The number of nitrogens with one attached hydrogen (secondary N) is 1. The number of aromatic nitrogens is 2. The molecule has 1 aromatic carbocycles. The highest BCUT2D eigenvalue weighted by atomic mass is 16.1. The molecule has 0 aliphatic rings. The van der Waals surface area contributed by atoms with Crippen molar-refractivity contribution in [2.75, 3.05) is 11.1 Å². The first-order chi connectivity index (χ1) is 7.75. The third-order valence-electron chi connectivity index (χ3n) is 1.95. The summed E-state index contributed by atoms with van der Waals surface area (Å²) in [4.78, 5) is 19.3. The van der Waals surface area contributed by atoms with E-state index in [0.29, 0.717) is 5.69 Å². The van der Waals surface area contributed by atoms with E-state index in [1.54, 1.807) is 12.1 Å². The quantitative estimate of drug-likeness (QED) is 0.789. The van der Waals surface area contributed by atoms with Gasteiger partial charge in [-0.2, -0.15) is 0 Å². The standard InChI is InChI=1S/C11H10N4O/c12-10-6-9(13-7-14-10)11(16)15-8-4-2-1-3-5-8/h1-7H,(H,15,16)(H2,12,13,14). The molecule has 0 saturated heterocycles. The molecule has 80 valence electrons. The van der Waals surface area contributed by atoms with Crippen molar-refractivity contribution >= 4 is 17.4 Å². The Kier molecular flexibility index (Phi) is 2.77. The smallest absolute Gasteiger partial charge is 0.274 e. The molecule has 0 spiro atoms. The van der Waals surface area contributed by atoms with Crippen molar-refractivity contribution in [1.29, 1.82) is 0 Å². The van der Waals surface area contributed by atoms with Gasteiger partial charge in [0.15, 0.2) is 0 Å². The first-order valence-electron chi connectivity index (χ1n) is 4.69. The molecule has 1 aromatic heterocycles. The third-order valence-corrected chi connectivity index (χ3v) is 1.95. The SMILES string of the molecule is Nc1cc(C(=O)Nc2ccccc2)ncn1. The van der Waals surface area contributed by atoms with Crippen LogP contribution in [-0.2, 0) is 0 Å². The number of nitrogens with zero attached hydrogens (tertiary/aromatic N) is 2. The fourth-order valence-electron chi connectivity index (χ4n) is 1.21. The highest BCUT2D eigenvalue weighted by molar-refractivity contribution is 6.03. The van der Waals surface area contributed by atoms with Gasteiger partial charge in [-0.25, -0.2) is 9.97 Å². The Bertz CT molecular complexity index is 498. The van der Waals surface area contributed by atoms with Gasteiger partial charge in [-0.05, 0) is 12.1 Å². The second-order valence-corrected chi connectivity index (χ2v) is 3.15. The molecule has 0 fully saturated rings. The van der Waals surface area contributed by atoms with Crippen LogP contribution in [0.2, 0.25) is 0 Å². The minimum atomic E-state index is -0.305. The Morgan fingerprint density at radius 1 is 1.19 bits per heavy atom. The van der Waals surface area contributed by atoms with Crippen LogP contribution in [0.25, 0.3) is 0 Å². The van der Waals surface area contributed by atoms with E-state index in [0.717, 1.165) is 0 Å². The second kappa shape index (κ2) is 4.39. The van der Waals surface area contributed by atoms with E-state index >= 15 is 0 Å². The Hall–Kier alpha value is -2.43. The lowest BCUT2D eigenvalue weighted by Gasteiger charge is -2.03. The Morgan fingerprint density at radius 2 is 1.94 bits per heavy atom. The molecule has 16 heavy (non-hydrogen) atoms. The summed E-state index contributed by atoms with van der Waals surface area (Å²) >= 11 is 0. The average molecular weight is 214 g/mol. The van der Waals surface area contributed by atoms with Crippen LogP contribution in [0.4, 0.5) is 11.5 Å². The van der Waals surface area contributed by atoms with Crippen LogP contribution in [0.1, 0.15) is 10.5 Å². The number of hydrogen-bond donors (Lipinski definition) is 2. The first kappa shape index (κ1) is 10.1. The number of hydrogen-bond acceptors (Lipinski definition) is 4. The first-order valence-corrected chi connectivity index (χ1v) is 4.69. The summed E-state index contributed by atoms with van der Waals surface area (Å²) in [5, 5.41) is 2.70. The van der Waals surface area contributed by atoms with Gasteiger partial charge >= 0.3 is 0 Å². The molecule has 3 N–H and O–H groups in total. The van der Waals surface area contributed by atoms with Crippen molar-refractivity contribution in [1.82, 2.24) is 9.97 Å². The molecule has 5 nitrogen and oxygen atoms in total. The van der Waals surface area contributed by atoms with Gasteiger partial charge in [0, 0.05) is 11.8 Å². The summed E-state index contributed by atoms with van der Waals surface area (Å²) in [5.74, 6) is -0.0338. The van der Waals surface area contributed by atoms with Crippen LogP contribution in [0, 0.1) is 0 Å². The van der Waals surface area contributed by atoms with E-state index in [1.807, 2.05) is 18.2 Å². The van der Waals surface area contributed by atoms with E-state index in [-0.39, 0.29) is 17.4 Å². The summed E-state index contributed by atoms with van der Waals surface area (Å²) in [5.41, 5.74) is 6.42. The average Bonchev–Trinajstić information content (AvgIpc) is 2.30. The Balaban J connectivity index is 2.15. The number of nitrogen functional groups attached to an aromatic ring is 1. The maximum Gasteiger partial charge on any atom is 0.274 e. The predicted molar refractivity (Wildman–Crippen MR) is 60.8 cm³/mol. The molecule has 0 bridgehead atoms. The van der Waals surface area contributed by atoms with Gasteiger partial charge in [0.05, 0.1) is 0 Å². The normalized spacial score (nSPS) is 9.75. The number of para-hydroxylation sites is 1. The van der Waals surface area contributed by atoms with Gasteiger partial charge in [0.25, 0.3) is 5.91 Å². The maximum atomic E-state index is 11.7. The zero-order chi connectivity index (χ0) is 11.4. The van der Waals surface area contributed by atoms with E-state index in [2.05, 4.69) is 15.3 Å². The van der Waals surface area contributed by atoms with Gasteiger partial charge < -0.3 is 11.1 Å². The summed E-state index contributed by atoms with van der Waals surface area (Å²) in [7, 11) is 0. The zero-order valence-electron chi connectivity index (χ0n) is 8.42. The van der Waals surface area contributed by atoms with Crippen LogP contribution in [0.15, 0.2) is 42.7 Å². The molecular weight excluding hydrogens is 204 g/mol. The van der Waals surface area contributed by atoms with E-state index < -0.39 is 0 Å². The van der Waals surface area contributed by atoms with Crippen molar-refractivity contribution in [3.8, 4) is 0 Å². The van der Waals surface area contributed by atoms with Gasteiger partial charge in [-0.3, -0.25) is 4.79 Å². The van der Waals surface area contributed by atoms with Gasteiger partial charge in [0.1, 0.15) is 17.8 Å². The number of carbonyl (C=O) groups excluding carboxylic acids is 1. The van der Waals surface area contributed by atoms with Crippen molar-refractivity contribution in [3.63, 3.8) is 0 Å².